The molecule has 3 rings (SSSR count). The van der Waals surface area contributed by atoms with Crippen molar-refractivity contribution in [2.75, 3.05) is 5.32 Å². The molecule has 106 valence electrons. The van der Waals surface area contributed by atoms with Crippen molar-refractivity contribution >= 4 is 5.69 Å². The van der Waals surface area contributed by atoms with Crippen LogP contribution in [0.3, 0.4) is 0 Å². The zero-order chi connectivity index (χ0) is 13.8. The molecule has 1 aliphatic rings. The third-order valence-corrected chi connectivity index (χ3v) is 4.22. The van der Waals surface area contributed by atoms with Gasteiger partial charge in [-0.25, -0.2) is 0 Å². The second kappa shape index (κ2) is 6.03. The maximum atomic E-state index is 3.99. The zero-order valence-corrected chi connectivity index (χ0v) is 11.9. The number of rotatable bonds is 4. The van der Waals surface area contributed by atoms with Crippen molar-refractivity contribution in [2.24, 2.45) is 5.92 Å². The van der Waals surface area contributed by atoms with Gasteiger partial charge in [0.25, 0.3) is 0 Å². The van der Waals surface area contributed by atoms with Gasteiger partial charge in [-0.15, -0.1) is 5.10 Å². The topological polar surface area (TPSA) is 55.6 Å². The van der Waals surface area contributed by atoms with Crippen LogP contribution < -0.4 is 5.32 Å². The lowest BCUT2D eigenvalue weighted by molar-refractivity contribution is 0.327. The Balaban J connectivity index is 1.77. The summed E-state index contributed by atoms with van der Waals surface area (Å²) < 4.78 is 1.71. The smallest absolute Gasteiger partial charge is 0.143 e. The number of anilines is 1. The Labute approximate surface area is 119 Å². The van der Waals surface area contributed by atoms with Gasteiger partial charge in [0.15, 0.2) is 0 Å². The average Bonchev–Trinajstić information content (AvgIpc) is 3.02. The molecule has 2 atom stereocenters. The molecule has 1 aliphatic carbocycles. The van der Waals surface area contributed by atoms with Crippen molar-refractivity contribution in [2.45, 2.75) is 45.1 Å². The summed E-state index contributed by atoms with van der Waals surface area (Å²) in [4.78, 5) is 0. The number of hydrogen-bond acceptors (Lipinski definition) is 4. The highest BCUT2D eigenvalue weighted by Crippen LogP contribution is 2.30. The molecule has 1 fully saturated rings. The minimum Gasteiger partial charge on any atom is -0.381 e. The van der Waals surface area contributed by atoms with E-state index >= 15 is 0 Å². The van der Waals surface area contributed by atoms with E-state index in [1.807, 2.05) is 12.1 Å². The van der Waals surface area contributed by atoms with E-state index in [4.69, 9.17) is 0 Å². The van der Waals surface area contributed by atoms with E-state index in [0.29, 0.717) is 6.04 Å². The Kier molecular flexibility index (Phi) is 3.95. The first-order valence-electron chi connectivity index (χ1n) is 7.45. The molecule has 5 heteroatoms. The van der Waals surface area contributed by atoms with Crippen LogP contribution >= 0.6 is 0 Å². The highest BCUT2D eigenvalue weighted by atomic mass is 15.5. The van der Waals surface area contributed by atoms with Crippen molar-refractivity contribution in [3.8, 4) is 5.69 Å². The van der Waals surface area contributed by atoms with Gasteiger partial charge in [0, 0.05) is 6.04 Å². The molecule has 1 aromatic heterocycles. The standard InChI is InChI=1S/C15H21N5/c1-2-12-6-5-7-13(10-12)17-14-8-3-4-9-15(14)20-11-16-18-19-20/h3-4,8-9,11-13,17H,2,5-7,10H2,1H3. The molecule has 20 heavy (non-hydrogen) atoms. The number of tetrazole rings is 1. The fraction of sp³-hybridized carbons (Fsp3) is 0.533. The number of nitrogens with zero attached hydrogens (tertiary/aromatic N) is 4. The van der Waals surface area contributed by atoms with Crippen molar-refractivity contribution in [1.29, 1.82) is 0 Å². The van der Waals surface area contributed by atoms with Gasteiger partial charge in [-0.1, -0.05) is 38.3 Å². The molecule has 0 bridgehead atoms. The van der Waals surface area contributed by atoms with E-state index in [9.17, 15) is 0 Å². The second-order valence-corrected chi connectivity index (χ2v) is 5.55. The molecule has 0 aliphatic heterocycles. The van der Waals surface area contributed by atoms with Crippen molar-refractivity contribution in [1.82, 2.24) is 20.2 Å². The maximum absolute atomic E-state index is 3.99. The van der Waals surface area contributed by atoms with Crippen LogP contribution in [0.25, 0.3) is 5.69 Å². The molecule has 0 saturated heterocycles. The summed E-state index contributed by atoms with van der Waals surface area (Å²) in [6.07, 6.45) is 8.14. The highest BCUT2D eigenvalue weighted by Gasteiger charge is 2.21. The Morgan fingerprint density at radius 2 is 2.20 bits per heavy atom. The van der Waals surface area contributed by atoms with E-state index in [1.54, 1.807) is 11.0 Å². The quantitative estimate of drug-likeness (QED) is 0.928. The monoisotopic (exact) mass is 271 g/mol. The summed E-state index contributed by atoms with van der Waals surface area (Å²) >= 11 is 0. The van der Waals surface area contributed by atoms with Gasteiger partial charge in [-0.3, -0.25) is 0 Å². The van der Waals surface area contributed by atoms with E-state index in [2.05, 4.69) is 39.9 Å². The van der Waals surface area contributed by atoms with Gasteiger partial charge >= 0.3 is 0 Å². The van der Waals surface area contributed by atoms with Crippen LogP contribution in [0, 0.1) is 5.92 Å². The molecule has 0 amide bonds. The van der Waals surface area contributed by atoms with Gasteiger partial charge in [0.05, 0.1) is 11.4 Å². The zero-order valence-electron chi connectivity index (χ0n) is 11.9. The number of nitrogens with one attached hydrogen (secondary N) is 1. The minimum atomic E-state index is 0.561. The minimum absolute atomic E-state index is 0.561. The van der Waals surface area contributed by atoms with Crippen LogP contribution in [0.4, 0.5) is 5.69 Å². The number of aromatic nitrogens is 4. The summed E-state index contributed by atoms with van der Waals surface area (Å²) in [6, 6.07) is 8.77. The predicted molar refractivity (Wildman–Crippen MR) is 78.8 cm³/mol. The predicted octanol–water partition coefficient (Wildman–Crippen LogP) is 3.04. The lowest BCUT2D eigenvalue weighted by Gasteiger charge is -2.30. The molecule has 2 unspecified atom stereocenters. The molecule has 1 N–H and O–H groups in total. The molecule has 1 heterocycles. The fourth-order valence-electron chi connectivity index (χ4n) is 3.08. The third-order valence-electron chi connectivity index (χ3n) is 4.22. The van der Waals surface area contributed by atoms with Gasteiger partial charge in [0.1, 0.15) is 6.33 Å². The van der Waals surface area contributed by atoms with E-state index in [-0.39, 0.29) is 0 Å². The second-order valence-electron chi connectivity index (χ2n) is 5.55. The molecule has 2 aromatic rings. The Morgan fingerprint density at radius 1 is 1.30 bits per heavy atom. The Bertz CT molecular complexity index is 537. The number of hydrogen-bond donors (Lipinski definition) is 1. The van der Waals surface area contributed by atoms with Crippen LogP contribution in [-0.2, 0) is 0 Å². The number of benzene rings is 1. The normalized spacial score (nSPS) is 22.6. The van der Waals surface area contributed by atoms with Crippen LogP contribution in [0.2, 0.25) is 0 Å². The Morgan fingerprint density at radius 3 is 3.00 bits per heavy atom. The van der Waals surface area contributed by atoms with Crippen molar-refractivity contribution in [3.63, 3.8) is 0 Å². The van der Waals surface area contributed by atoms with Crippen molar-refractivity contribution in [3.05, 3.63) is 30.6 Å². The first-order chi connectivity index (χ1) is 9.86. The van der Waals surface area contributed by atoms with Crippen LogP contribution in [0.5, 0.6) is 0 Å². The average molecular weight is 271 g/mol. The third kappa shape index (κ3) is 2.81. The SMILES string of the molecule is CCC1CCCC(Nc2ccccc2-n2cnnn2)C1. The van der Waals surface area contributed by atoms with E-state index in [0.717, 1.165) is 17.3 Å². The van der Waals surface area contributed by atoms with E-state index in [1.165, 1.54) is 32.1 Å². The molecular weight excluding hydrogens is 250 g/mol. The van der Waals surface area contributed by atoms with Gasteiger partial charge in [-0.05, 0) is 41.3 Å². The summed E-state index contributed by atoms with van der Waals surface area (Å²) in [5, 5.41) is 15.1. The Hall–Kier alpha value is -1.91. The summed E-state index contributed by atoms with van der Waals surface area (Å²) in [5.74, 6) is 0.862. The largest absolute Gasteiger partial charge is 0.381 e. The first-order valence-corrected chi connectivity index (χ1v) is 7.45. The number of para-hydroxylation sites is 2. The molecule has 0 spiro atoms. The van der Waals surface area contributed by atoms with Crippen molar-refractivity contribution < 1.29 is 0 Å². The molecular formula is C15H21N5. The summed E-state index contributed by atoms with van der Waals surface area (Å²) in [6.45, 7) is 2.29. The molecule has 1 aromatic carbocycles. The molecule has 0 radical (unpaired) electrons. The maximum Gasteiger partial charge on any atom is 0.143 e. The highest BCUT2D eigenvalue weighted by molar-refractivity contribution is 5.60. The fourth-order valence-corrected chi connectivity index (χ4v) is 3.08. The van der Waals surface area contributed by atoms with Crippen LogP contribution in [0.15, 0.2) is 30.6 Å². The first kappa shape index (κ1) is 13.1. The van der Waals surface area contributed by atoms with Gasteiger partial charge in [-0.2, -0.15) is 4.68 Å². The molecule has 5 nitrogen and oxygen atoms in total. The van der Waals surface area contributed by atoms with Gasteiger partial charge in [0.2, 0.25) is 0 Å². The summed E-state index contributed by atoms with van der Waals surface area (Å²) in [7, 11) is 0. The van der Waals surface area contributed by atoms with E-state index < -0.39 is 0 Å². The lowest BCUT2D eigenvalue weighted by atomic mass is 9.84. The van der Waals surface area contributed by atoms with Crippen LogP contribution in [0.1, 0.15) is 39.0 Å². The van der Waals surface area contributed by atoms with Crippen LogP contribution in [-0.4, -0.2) is 26.2 Å². The summed E-state index contributed by atoms with van der Waals surface area (Å²) in [5.41, 5.74) is 2.12. The van der Waals surface area contributed by atoms with Gasteiger partial charge < -0.3 is 5.32 Å². The lowest BCUT2D eigenvalue weighted by Crippen LogP contribution is -2.27. The molecule has 1 saturated carbocycles.